The van der Waals surface area contributed by atoms with Crippen LogP contribution in [0.4, 0.5) is 0 Å². The molecule has 0 bridgehead atoms. The Morgan fingerprint density at radius 1 is 0.625 bits per heavy atom. The lowest BCUT2D eigenvalue weighted by Gasteiger charge is -2.43. The smallest absolute Gasteiger partial charge is 0.310 e. The van der Waals surface area contributed by atoms with Crippen LogP contribution in [-0.2, 0) is 61.9 Å². The Bertz CT molecular complexity index is 689. The van der Waals surface area contributed by atoms with Crippen LogP contribution in [0, 0.1) is 0 Å². The fourth-order valence-electron chi connectivity index (χ4n) is 2.58. The molecule has 0 unspecified atom stereocenters. The van der Waals surface area contributed by atoms with Crippen molar-refractivity contribution in [3.8, 4) is 0 Å². The lowest BCUT2D eigenvalue weighted by Crippen LogP contribution is -2.62. The highest BCUT2D eigenvalue weighted by molar-refractivity contribution is 5.82. The highest BCUT2D eigenvalue weighted by Gasteiger charge is 2.52. The van der Waals surface area contributed by atoms with Crippen LogP contribution in [0.25, 0.3) is 0 Å². The summed E-state index contributed by atoms with van der Waals surface area (Å²) in [5.41, 5.74) is 0. The molecule has 0 aromatic carbocycles. The van der Waals surface area contributed by atoms with Crippen molar-refractivity contribution in [2.24, 2.45) is 0 Å². The first-order valence-corrected chi connectivity index (χ1v) is 9.30. The minimum atomic E-state index is -1.20. The second-order valence-corrected chi connectivity index (χ2v) is 6.39. The van der Waals surface area contributed by atoms with Crippen LogP contribution < -0.4 is 0 Å². The molecule has 1 aliphatic heterocycles. The number of rotatable bonds is 6. The summed E-state index contributed by atoms with van der Waals surface area (Å²) < 4.78 is 35.1. The van der Waals surface area contributed by atoms with Gasteiger partial charge >= 0.3 is 35.8 Å². The molecule has 0 spiro atoms. The van der Waals surface area contributed by atoms with Gasteiger partial charge in [0.25, 0.3) is 0 Å². The molecule has 1 rings (SSSR count). The number of ether oxygens (including phenoxy) is 7. The molecule has 5 atom stereocenters. The third-order valence-corrected chi connectivity index (χ3v) is 3.47. The molecule has 0 saturated carbocycles. The molecule has 0 aromatic heterocycles. The first-order chi connectivity index (χ1) is 14.8. The Morgan fingerprint density at radius 2 is 1.06 bits per heavy atom. The van der Waals surface area contributed by atoms with Crippen molar-refractivity contribution in [3.05, 3.63) is 0 Å². The van der Waals surface area contributed by atoms with Crippen LogP contribution in [0.15, 0.2) is 0 Å². The van der Waals surface area contributed by atoms with Gasteiger partial charge in [0.15, 0.2) is 24.6 Å². The summed E-state index contributed by atoms with van der Waals surface area (Å²) in [6.07, 6.45) is -5.67. The topological polar surface area (TPSA) is 167 Å². The Labute approximate surface area is 184 Å². The van der Waals surface area contributed by atoms with Gasteiger partial charge in [-0.2, -0.15) is 0 Å². The molecule has 1 heterocycles. The maximum absolute atomic E-state index is 11.5. The van der Waals surface area contributed by atoms with E-state index in [1.165, 1.54) is 27.9 Å². The van der Waals surface area contributed by atoms with Crippen LogP contribution >= 0.6 is 0 Å². The molecular weight excluding hydrogens is 436 g/mol. The van der Waals surface area contributed by atoms with Gasteiger partial charge < -0.3 is 33.2 Å². The average molecular weight is 464 g/mol. The van der Waals surface area contributed by atoms with Gasteiger partial charge in [-0.3, -0.25) is 28.8 Å². The molecule has 0 radical (unpaired) electrons. The lowest BCUT2D eigenvalue weighted by atomic mass is 9.98. The molecule has 0 aromatic rings. The van der Waals surface area contributed by atoms with Gasteiger partial charge in [-0.25, -0.2) is 0 Å². The van der Waals surface area contributed by atoms with E-state index in [9.17, 15) is 28.8 Å². The summed E-state index contributed by atoms with van der Waals surface area (Å²) in [7, 11) is 1.29. The minimum absolute atomic E-state index is 0.280. The van der Waals surface area contributed by atoms with Crippen LogP contribution in [-0.4, -0.2) is 80.2 Å². The first-order valence-electron chi connectivity index (χ1n) is 9.30. The highest BCUT2D eigenvalue weighted by atomic mass is 16.7. The van der Waals surface area contributed by atoms with Crippen molar-refractivity contribution in [1.29, 1.82) is 0 Å². The normalized spacial score (nSPS) is 24.0. The van der Waals surface area contributed by atoms with Crippen LogP contribution in [0.2, 0.25) is 0 Å². The predicted octanol–water partition coefficient (Wildman–Crippen LogP) is -0.188. The van der Waals surface area contributed by atoms with Gasteiger partial charge in [-0.05, 0) is 0 Å². The molecule has 1 saturated heterocycles. The van der Waals surface area contributed by atoms with E-state index in [4.69, 9.17) is 28.4 Å². The summed E-state index contributed by atoms with van der Waals surface area (Å²) in [5, 5.41) is 0. The SMILES string of the molecule is CC(=O)OC(C)=O.CO[C@@H]1O[C@@H](COC(C)=O)[C@H](OC(C)=O)[C@@H](OC(C)=O)[C@H]1OC(C)=O. The summed E-state index contributed by atoms with van der Waals surface area (Å²) in [4.78, 5) is 65.0. The molecule has 32 heavy (non-hydrogen) atoms. The van der Waals surface area contributed by atoms with Gasteiger partial charge in [0, 0.05) is 48.7 Å². The zero-order chi connectivity index (χ0) is 25.0. The number of carbonyl (C=O) groups is 6. The molecule has 0 amide bonds. The maximum atomic E-state index is 11.5. The fourth-order valence-corrected chi connectivity index (χ4v) is 2.58. The van der Waals surface area contributed by atoms with E-state index in [-0.39, 0.29) is 6.61 Å². The second-order valence-electron chi connectivity index (χ2n) is 6.39. The van der Waals surface area contributed by atoms with Crippen molar-refractivity contribution < 1.29 is 61.9 Å². The van der Waals surface area contributed by atoms with Crippen LogP contribution in [0.3, 0.4) is 0 Å². The number of hydrogen-bond donors (Lipinski definition) is 0. The first kappa shape index (κ1) is 28.9. The standard InChI is InChI=1S/C15H22O10.C4H6O3/c1-7(16)21-6-11-12(22-8(2)17)13(23-9(3)18)14(24-10(4)19)15(20-5)25-11;1-3(5)7-4(2)6/h11-15H,6H2,1-5H3;1-2H3/t11-,12-,13+,14+,15+;/m0./s1. The van der Waals surface area contributed by atoms with Gasteiger partial charge in [0.2, 0.25) is 0 Å². The number of hydrogen-bond acceptors (Lipinski definition) is 13. The third kappa shape index (κ3) is 11.4. The van der Waals surface area contributed by atoms with Crippen molar-refractivity contribution in [3.63, 3.8) is 0 Å². The van der Waals surface area contributed by atoms with E-state index >= 15 is 0 Å². The van der Waals surface area contributed by atoms with Gasteiger partial charge in [0.1, 0.15) is 12.7 Å². The summed E-state index contributed by atoms with van der Waals surface area (Å²) >= 11 is 0. The molecule has 1 aliphatic rings. The quantitative estimate of drug-likeness (QED) is 0.288. The Balaban J connectivity index is 0.00000118. The number of carbonyl (C=O) groups excluding carboxylic acids is 6. The zero-order valence-electron chi connectivity index (χ0n) is 18.9. The zero-order valence-corrected chi connectivity index (χ0v) is 18.9. The maximum Gasteiger partial charge on any atom is 0.310 e. The van der Waals surface area contributed by atoms with Crippen LogP contribution in [0.5, 0.6) is 0 Å². The summed E-state index contributed by atoms with van der Waals surface area (Å²) in [5.74, 6) is -3.75. The van der Waals surface area contributed by atoms with Crippen LogP contribution in [0.1, 0.15) is 41.5 Å². The minimum Gasteiger partial charge on any atom is -0.463 e. The second kappa shape index (κ2) is 14.1. The number of esters is 6. The fraction of sp³-hybridized carbons (Fsp3) is 0.684. The number of methoxy groups -OCH3 is 1. The molecule has 182 valence electrons. The monoisotopic (exact) mass is 464 g/mol. The molecule has 13 heteroatoms. The van der Waals surface area contributed by atoms with E-state index in [0.717, 1.165) is 20.8 Å². The van der Waals surface area contributed by atoms with E-state index < -0.39 is 66.5 Å². The van der Waals surface area contributed by atoms with E-state index in [1.807, 2.05) is 0 Å². The summed E-state index contributed by atoms with van der Waals surface area (Å²) in [6.45, 7) is 6.73. The van der Waals surface area contributed by atoms with Crippen molar-refractivity contribution >= 4 is 35.8 Å². The molecule has 0 N–H and O–H groups in total. The van der Waals surface area contributed by atoms with Gasteiger partial charge in [-0.15, -0.1) is 0 Å². The Morgan fingerprint density at radius 3 is 1.41 bits per heavy atom. The third-order valence-electron chi connectivity index (χ3n) is 3.47. The average Bonchev–Trinajstić information content (AvgIpc) is 2.61. The summed E-state index contributed by atoms with van der Waals surface area (Å²) in [6, 6.07) is 0. The van der Waals surface area contributed by atoms with Gasteiger partial charge in [0.05, 0.1) is 0 Å². The molecule has 1 fully saturated rings. The van der Waals surface area contributed by atoms with Gasteiger partial charge in [-0.1, -0.05) is 0 Å². The Hall–Kier alpha value is -3.06. The van der Waals surface area contributed by atoms with E-state index in [2.05, 4.69) is 4.74 Å². The largest absolute Gasteiger partial charge is 0.463 e. The molecular formula is C19H28O13. The van der Waals surface area contributed by atoms with E-state index in [1.54, 1.807) is 0 Å². The van der Waals surface area contributed by atoms with E-state index in [0.29, 0.717) is 0 Å². The van der Waals surface area contributed by atoms with Crippen molar-refractivity contribution in [1.82, 2.24) is 0 Å². The predicted molar refractivity (Wildman–Crippen MR) is 101 cm³/mol. The Kier molecular flexibility index (Phi) is 12.7. The highest BCUT2D eigenvalue weighted by Crippen LogP contribution is 2.29. The molecule has 13 nitrogen and oxygen atoms in total. The van der Waals surface area contributed by atoms with Crippen molar-refractivity contribution in [2.45, 2.75) is 72.2 Å². The molecule has 0 aliphatic carbocycles. The lowest BCUT2D eigenvalue weighted by molar-refractivity contribution is -0.302. The van der Waals surface area contributed by atoms with Crippen molar-refractivity contribution in [2.75, 3.05) is 13.7 Å².